The van der Waals surface area contributed by atoms with Crippen molar-refractivity contribution >= 4 is 0 Å². The number of rotatable bonds is 5. The molecule has 1 saturated carbocycles. The summed E-state index contributed by atoms with van der Waals surface area (Å²) in [5.41, 5.74) is 1.15. The van der Waals surface area contributed by atoms with Crippen molar-refractivity contribution in [2.75, 3.05) is 32.8 Å². The first kappa shape index (κ1) is 13.5. The Morgan fingerprint density at radius 1 is 1.14 bits per heavy atom. The van der Waals surface area contributed by atoms with Gasteiger partial charge < -0.3 is 9.64 Å². The van der Waals surface area contributed by atoms with E-state index in [-0.39, 0.29) is 5.56 Å². The highest BCUT2D eigenvalue weighted by Crippen LogP contribution is 2.38. The maximum Gasteiger partial charge on any atom is 0.266 e. The van der Waals surface area contributed by atoms with Crippen molar-refractivity contribution in [2.24, 2.45) is 11.8 Å². The fourth-order valence-corrected chi connectivity index (χ4v) is 3.47. The Kier molecular flexibility index (Phi) is 3.55. The lowest BCUT2D eigenvalue weighted by Gasteiger charge is -2.40. The molecule has 3 fully saturated rings. The highest BCUT2D eigenvalue weighted by atomic mass is 16.5. The Balaban J connectivity index is 1.31. The fourth-order valence-electron chi connectivity index (χ4n) is 3.47. The number of nitrogens with zero attached hydrogens (tertiary/aromatic N) is 3. The molecule has 1 unspecified atom stereocenters. The molecule has 2 saturated heterocycles. The third-order valence-electron chi connectivity index (χ3n) is 4.89. The number of hydrogen-bond donors (Lipinski definition) is 0. The van der Waals surface area contributed by atoms with Gasteiger partial charge in [-0.3, -0.25) is 4.79 Å². The van der Waals surface area contributed by atoms with Crippen LogP contribution in [-0.2, 0) is 11.3 Å². The van der Waals surface area contributed by atoms with Crippen molar-refractivity contribution in [2.45, 2.75) is 31.7 Å². The molecule has 0 spiro atoms. The minimum absolute atomic E-state index is 0.0436. The van der Waals surface area contributed by atoms with Crippen LogP contribution in [0.3, 0.4) is 0 Å². The first-order valence-electron chi connectivity index (χ1n) is 8.16. The molecule has 0 radical (unpaired) electrons. The van der Waals surface area contributed by atoms with E-state index in [1.807, 2.05) is 6.07 Å². The molecule has 2 aliphatic heterocycles. The third-order valence-corrected chi connectivity index (χ3v) is 4.89. The summed E-state index contributed by atoms with van der Waals surface area (Å²) in [6.45, 7) is 5.97. The molecular formula is C16H23N3O2. The Labute approximate surface area is 124 Å². The van der Waals surface area contributed by atoms with Gasteiger partial charge in [0.25, 0.3) is 5.56 Å². The lowest BCUT2D eigenvalue weighted by molar-refractivity contribution is 0.0636. The quantitative estimate of drug-likeness (QED) is 0.814. The number of aromatic nitrogens is 2. The second-order valence-electron chi connectivity index (χ2n) is 6.87. The van der Waals surface area contributed by atoms with Crippen LogP contribution in [0.1, 0.15) is 30.9 Å². The van der Waals surface area contributed by atoms with E-state index in [1.54, 1.807) is 10.7 Å². The van der Waals surface area contributed by atoms with Gasteiger partial charge in [0.2, 0.25) is 0 Å². The SMILES string of the molecule is O=c1ccc(C2CC2)nn1CC1CN(CC2CCOC2)C1. The van der Waals surface area contributed by atoms with Crippen LogP contribution in [-0.4, -0.2) is 47.5 Å². The zero-order valence-electron chi connectivity index (χ0n) is 12.4. The van der Waals surface area contributed by atoms with Crippen molar-refractivity contribution < 1.29 is 4.74 Å². The van der Waals surface area contributed by atoms with E-state index in [4.69, 9.17) is 4.74 Å². The fraction of sp³-hybridized carbons (Fsp3) is 0.750. The molecule has 21 heavy (non-hydrogen) atoms. The van der Waals surface area contributed by atoms with Crippen molar-refractivity contribution in [3.05, 3.63) is 28.2 Å². The smallest absolute Gasteiger partial charge is 0.266 e. The Bertz CT molecular complexity index is 555. The topological polar surface area (TPSA) is 47.4 Å². The largest absolute Gasteiger partial charge is 0.381 e. The van der Waals surface area contributed by atoms with Crippen molar-refractivity contribution in [3.8, 4) is 0 Å². The lowest BCUT2D eigenvalue weighted by Crippen LogP contribution is -2.51. The van der Waals surface area contributed by atoms with E-state index < -0.39 is 0 Å². The lowest BCUT2D eigenvalue weighted by atomic mass is 9.97. The summed E-state index contributed by atoms with van der Waals surface area (Å²) in [6, 6.07) is 3.59. The molecule has 1 aromatic rings. The zero-order chi connectivity index (χ0) is 14.2. The minimum Gasteiger partial charge on any atom is -0.381 e. The molecule has 0 amide bonds. The zero-order valence-corrected chi connectivity index (χ0v) is 12.4. The first-order chi connectivity index (χ1) is 10.3. The van der Waals surface area contributed by atoms with Crippen LogP contribution >= 0.6 is 0 Å². The summed E-state index contributed by atoms with van der Waals surface area (Å²) in [5, 5.41) is 4.55. The molecule has 114 valence electrons. The maximum absolute atomic E-state index is 11.9. The minimum atomic E-state index is 0.0436. The second-order valence-corrected chi connectivity index (χ2v) is 6.87. The Morgan fingerprint density at radius 3 is 2.71 bits per heavy atom. The van der Waals surface area contributed by atoms with Crippen LogP contribution in [0.4, 0.5) is 0 Å². The van der Waals surface area contributed by atoms with Crippen LogP contribution in [0.15, 0.2) is 16.9 Å². The van der Waals surface area contributed by atoms with Gasteiger partial charge in [0.05, 0.1) is 18.8 Å². The third kappa shape index (κ3) is 3.04. The van der Waals surface area contributed by atoms with Crippen LogP contribution < -0.4 is 5.56 Å². The number of ether oxygens (including phenoxy) is 1. The van der Waals surface area contributed by atoms with Crippen LogP contribution in [0.2, 0.25) is 0 Å². The van der Waals surface area contributed by atoms with Crippen LogP contribution in [0.5, 0.6) is 0 Å². The Morgan fingerprint density at radius 2 is 2.00 bits per heavy atom. The van der Waals surface area contributed by atoms with Gasteiger partial charge in [0.15, 0.2) is 0 Å². The van der Waals surface area contributed by atoms with Gasteiger partial charge in [-0.25, -0.2) is 4.68 Å². The molecule has 0 aromatic carbocycles. The maximum atomic E-state index is 11.9. The van der Waals surface area contributed by atoms with E-state index in [0.29, 0.717) is 17.8 Å². The van der Waals surface area contributed by atoms with E-state index in [0.717, 1.165) is 45.1 Å². The average molecular weight is 289 g/mol. The van der Waals surface area contributed by atoms with E-state index in [1.165, 1.54) is 19.3 Å². The summed E-state index contributed by atoms with van der Waals surface area (Å²) in [5.74, 6) is 1.90. The van der Waals surface area contributed by atoms with Gasteiger partial charge >= 0.3 is 0 Å². The second kappa shape index (κ2) is 5.54. The normalized spacial score (nSPS) is 27.0. The summed E-state index contributed by atoms with van der Waals surface area (Å²) in [6.07, 6.45) is 3.66. The van der Waals surface area contributed by atoms with Gasteiger partial charge in [-0.2, -0.15) is 5.10 Å². The number of likely N-dealkylation sites (tertiary alicyclic amines) is 1. The highest BCUT2D eigenvalue weighted by molar-refractivity contribution is 5.12. The molecule has 0 N–H and O–H groups in total. The van der Waals surface area contributed by atoms with Crippen molar-refractivity contribution in [1.29, 1.82) is 0 Å². The molecule has 0 bridgehead atoms. The van der Waals surface area contributed by atoms with Gasteiger partial charge in [-0.1, -0.05) is 0 Å². The van der Waals surface area contributed by atoms with E-state index in [2.05, 4.69) is 10.00 Å². The Hall–Kier alpha value is -1.20. The average Bonchev–Trinajstić information content (AvgIpc) is 3.16. The molecular weight excluding hydrogens is 266 g/mol. The molecule has 3 heterocycles. The van der Waals surface area contributed by atoms with Crippen LogP contribution in [0, 0.1) is 11.8 Å². The molecule has 1 atom stereocenters. The van der Waals surface area contributed by atoms with Crippen molar-refractivity contribution in [1.82, 2.24) is 14.7 Å². The molecule has 3 aliphatic rings. The van der Waals surface area contributed by atoms with Gasteiger partial charge in [-0.05, 0) is 31.2 Å². The van der Waals surface area contributed by atoms with E-state index >= 15 is 0 Å². The molecule has 5 heteroatoms. The van der Waals surface area contributed by atoms with Gasteiger partial charge in [-0.15, -0.1) is 0 Å². The summed E-state index contributed by atoms with van der Waals surface area (Å²) in [4.78, 5) is 14.4. The van der Waals surface area contributed by atoms with E-state index in [9.17, 15) is 4.79 Å². The predicted molar refractivity (Wildman–Crippen MR) is 79.3 cm³/mol. The predicted octanol–water partition coefficient (Wildman–Crippen LogP) is 1.09. The molecule has 1 aliphatic carbocycles. The molecule has 5 nitrogen and oxygen atoms in total. The summed E-state index contributed by atoms with van der Waals surface area (Å²) < 4.78 is 7.11. The summed E-state index contributed by atoms with van der Waals surface area (Å²) in [7, 11) is 0. The number of hydrogen-bond acceptors (Lipinski definition) is 4. The monoisotopic (exact) mass is 289 g/mol. The first-order valence-corrected chi connectivity index (χ1v) is 8.16. The standard InChI is InChI=1S/C16H23N3O2/c20-16-4-3-15(14-1-2-14)17-19(16)10-13-8-18(9-13)7-12-5-6-21-11-12/h3-4,12-14H,1-2,5-11H2. The van der Waals surface area contributed by atoms with Gasteiger partial charge in [0.1, 0.15) is 0 Å². The molecule has 1 aromatic heterocycles. The summed E-state index contributed by atoms with van der Waals surface area (Å²) >= 11 is 0. The van der Waals surface area contributed by atoms with Crippen LogP contribution in [0.25, 0.3) is 0 Å². The van der Waals surface area contributed by atoms with Gasteiger partial charge in [0, 0.05) is 44.1 Å². The molecule has 4 rings (SSSR count). The highest BCUT2D eigenvalue weighted by Gasteiger charge is 2.31. The van der Waals surface area contributed by atoms with Crippen molar-refractivity contribution in [3.63, 3.8) is 0 Å².